The molecule has 44 heavy (non-hydrogen) atoms. The number of ether oxygens (including phenoxy) is 1. The average molecular weight is 601 g/mol. The van der Waals surface area contributed by atoms with Gasteiger partial charge in [-0.3, -0.25) is 4.79 Å². The standard InChI is InChI=1S/C34H44N6O4/c1-38-14-16-39(17-15-38)32-13-12-26(21-35-32)31-19-29(28-6-2-3-7-30(28)37-31)33(41)36-20-24-8-10-25(11-9-24)22-40(34(42)43)23-27-5-4-18-44-27/h2-3,6-7,12-13,19,21,24-25,27H,4-5,8-11,14-18,20,22-23H2,1H3,(H,36,41)(H,42,43). The summed E-state index contributed by atoms with van der Waals surface area (Å²) in [4.78, 5) is 41.2. The molecule has 1 aromatic carbocycles. The lowest BCUT2D eigenvalue weighted by Crippen LogP contribution is -2.44. The maximum atomic E-state index is 13.6. The highest BCUT2D eigenvalue weighted by Crippen LogP contribution is 2.30. The first-order valence-corrected chi connectivity index (χ1v) is 16.1. The molecule has 0 spiro atoms. The molecule has 4 heterocycles. The van der Waals surface area contributed by atoms with Crippen LogP contribution >= 0.6 is 0 Å². The van der Waals surface area contributed by atoms with Crippen molar-refractivity contribution in [2.75, 3.05) is 64.4 Å². The van der Waals surface area contributed by atoms with Crippen molar-refractivity contribution in [2.24, 2.45) is 11.8 Å². The first kappa shape index (κ1) is 30.3. The fraction of sp³-hybridized carbons (Fsp3) is 0.529. The Morgan fingerprint density at radius 1 is 1.00 bits per heavy atom. The third kappa shape index (κ3) is 7.30. The Bertz CT molecular complexity index is 1430. The van der Waals surface area contributed by atoms with E-state index in [1.165, 1.54) is 0 Å². The largest absolute Gasteiger partial charge is 0.465 e. The normalized spacial score (nSPS) is 22.7. The summed E-state index contributed by atoms with van der Waals surface area (Å²) in [6.07, 6.45) is 6.86. The van der Waals surface area contributed by atoms with Crippen molar-refractivity contribution in [3.63, 3.8) is 0 Å². The lowest BCUT2D eigenvalue weighted by molar-refractivity contribution is 0.0604. The number of fused-ring (bicyclic) bond motifs is 1. The minimum Gasteiger partial charge on any atom is -0.465 e. The quantitative estimate of drug-likeness (QED) is 0.362. The predicted molar refractivity (Wildman–Crippen MR) is 171 cm³/mol. The second-order valence-corrected chi connectivity index (χ2v) is 12.7. The van der Waals surface area contributed by atoms with E-state index in [4.69, 9.17) is 14.7 Å². The Labute approximate surface area is 259 Å². The maximum Gasteiger partial charge on any atom is 0.407 e. The fourth-order valence-electron chi connectivity index (χ4n) is 6.80. The van der Waals surface area contributed by atoms with Gasteiger partial charge in [-0.1, -0.05) is 18.2 Å². The van der Waals surface area contributed by atoms with E-state index in [0.29, 0.717) is 37.0 Å². The van der Waals surface area contributed by atoms with Gasteiger partial charge in [-0.25, -0.2) is 14.8 Å². The number of para-hydroxylation sites is 1. The van der Waals surface area contributed by atoms with E-state index < -0.39 is 6.09 Å². The number of aromatic nitrogens is 2. The Kier molecular flexibility index (Phi) is 9.57. The van der Waals surface area contributed by atoms with Crippen LogP contribution in [-0.4, -0.2) is 102 Å². The topological polar surface area (TPSA) is 111 Å². The minimum atomic E-state index is -0.861. The van der Waals surface area contributed by atoms with Crippen molar-refractivity contribution >= 4 is 28.7 Å². The molecule has 2 amide bonds. The number of benzene rings is 1. The number of rotatable bonds is 9. The summed E-state index contributed by atoms with van der Waals surface area (Å²) in [6, 6.07) is 13.8. The van der Waals surface area contributed by atoms with Gasteiger partial charge in [0, 0.05) is 63.0 Å². The van der Waals surface area contributed by atoms with E-state index in [-0.39, 0.29) is 12.0 Å². The van der Waals surface area contributed by atoms with Crippen LogP contribution in [-0.2, 0) is 4.74 Å². The smallest absolute Gasteiger partial charge is 0.407 e. The lowest BCUT2D eigenvalue weighted by Gasteiger charge is -2.33. The first-order valence-electron chi connectivity index (χ1n) is 16.1. The van der Waals surface area contributed by atoms with Crippen LogP contribution in [0.15, 0.2) is 48.7 Å². The van der Waals surface area contributed by atoms with Gasteiger partial charge in [-0.05, 0) is 81.7 Å². The van der Waals surface area contributed by atoms with Crippen molar-refractivity contribution < 1.29 is 19.4 Å². The molecule has 1 saturated carbocycles. The van der Waals surface area contributed by atoms with Crippen LogP contribution in [0.3, 0.4) is 0 Å². The molecule has 0 bridgehead atoms. The Balaban J connectivity index is 1.07. The summed E-state index contributed by atoms with van der Waals surface area (Å²) >= 11 is 0. The molecule has 2 N–H and O–H groups in total. The number of pyridine rings is 2. The number of nitrogens with one attached hydrogen (secondary N) is 1. The van der Waals surface area contributed by atoms with E-state index in [1.54, 1.807) is 4.90 Å². The number of piperazine rings is 1. The number of amides is 2. The molecule has 2 aliphatic heterocycles. The molecule has 1 aliphatic carbocycles. The number of likely N-dealkylation sites (N-methyl/N-ethyl adjacent to an activating group) is 1. The highest BCUT2D eigenvalue weighted by atomic mass is 16.5. The van der Waals surface area contributed by atoms with Gasteiger partial charge < -0.3 is 29.9 Å². The van der Waals surface area contributed by atoms with Crippen LogP contribution in [0.5, 0.6) is 0 Å². The summed E-state index contributed by atoms with van der Waals surface area (Å²) in [5.41, 5.74) is 3.02. The SMILES string of the molecule is CN1CCN(c2ccc(-c3cc(C(=O)NCC4CCC(CN(CC5CCCO5)C(=O)O)CC4)c4ccccc4n3)cn2)CC1. The molecule has 0 radical (unpaired) electrons. The summed E-state index contributed by atoms with van der Waals surface area (Å²) in [6.45, 7) is 6.32. The van der Waals surface area contributed by atoms with Gasteiger partial charge in [0.15, 0.2) is 0 Å². The number of carbonyl (C=O) groups is 2. The summed E-state index contributed by atoms with van der Waals surface area (Å²) in [7, 11) is 2.14. The molecule has 6 rings (SSSR count). The van der Waals surface area contributed by atoms with E-state index in [1.807, 2.05) is 48.7 Å². The van der Waals surface area contributed by atoms with Gasteiger partial charge in [0.1, 0.15) is 5.82 Å². The van der Waals surface area contributed by atoms with Gasteiger partial charge in [-0.2, -0.15) is 0 Å². The zero-order valence-electron chi connectivity index (χ0n) is 25.7. The van der Waals surface area contributed by atoms with Gasteiger partial charge in [0.2, 0.25) is 0 Å². The molecule has 1 unspecified atom stereocenters. The Hall–Kier alpha value is -3.76. The van der Waals surface area contributed by atoms with Gasteiger partial charge >= 0.3 is 6.09 Å². The molecule has 2 saturated heterocycles. The van der Waals surface area contributed by atoms with Crippen molar-refractivity contribution in [2.45, 2.75) is 44.6 Å². The molecule has 1 atom stereocenters. The van der Waals surface area contributed by atoms with Crippen LogP contribution in [0.25, 0.3) is 22.2 Å². The molecular weight excluding hydrogens is 556 g/mol. The van der Waals surface area contributed by atoms with Crippen LogP contribution in [0, 0.1) is 11.8 Å². The summed E-state index contributed by atoms with van der Waals surface area (Å²) in [5.74, 6) is 1.60. The van der Waals surface area contributed by atoms with E-state index in [9.17, 15) is 14.7 Å². The molecule has 10 nitrogen and oxygen atoms in total. The van der Waals surface area contributed by atoms with E-state index in [0.717, 1.165) is 99.3 Å². The average Bonchev–Trinajstić information content (AvgIpc) is 3.57. The molecule has 2 aromatic heterocycles. The van der Waals surface area contributed by atoms with Crippen molar-refractivity contribution in [1.29, 1.82) is 0 Å². The minimum absolute atomic E-state index is 0.0279. The van der Waals surface area contributed by atoms with E-state index >= 15 is 0 Å². The lowest BCUT2D eigenvalue weighted by atomic mass is 9.81. The molecule has 234 valence electrons. The third-order valence-corrected chi connectivity index (χ3v) is 9.55. The molecular formula is C34H44N6O4. The van der Waals surface area contributed by atoms with Crippen LogP contribution in [0.4, 0.5) is 10.6 Å². The summed E-state index contributed by atoms with van der Waals surface area (Å²) in [5, 5.41) is 13.8. The van der Waals surface area contributed by atoms with Crippen LogP contribution in [0.1, 0.15) is 48.9 Å². The molecule has 10 heteroatoms. The highest BCUT2D eigenvalue weighted by molar-refractivity contribution is 6.07. The summed E-state index contributed by atoms with van der Waals surface area (Å²) < 4.78 is 5.67. The van der Waals surface area contributed by atoms with Crippen molar-refractivity contribution in [3.05, 3.63) is 54.2 Å². The third-order valence-electron chi connectivity index (χ3n) is 9.55. The van der Waals surface area contributed by atoms with Gasteiger partial charge in [0.25, 0.3) is 5.91 Å². The second kappa shape index (κ2) is 13.9. The number of carbonyl (C=O) groups excluding carboxylic acids is 1. The van der Waals surface area contributed by atoms with Crippen molar-refractivity contribution in [3.8, 4) is 11.3 Å². The Morgan fingerprint density at radius 2 is 1.77 bits per heavy atom. The highest BCUT2D eigenvalue weighted by Gasteiger charge is 2.28. The zero-order chi connectivity index (χ0) is 30.5. The maximum absolute atomic E-state index is 13.6. The molecule has 3 fully saturated rings. The van der Waals surface area contributed by atoms with Crippen molar-refractivity contribution in [1.82, 2.24) is 25.1 Å². The van der Waals surface area contributed by atoms with Gasteiger partial charge in [0.05, 0.1) is 29.4 Å². The van der Waals surface area contributed by atoms with Crippen LogP contribution < -0.4 is 10.2 Å². The monoisotopic (exact) mass is 600 g/mol. The number of nitrogens with zero attached hydrogens (tertiary/aromatic N) is 5. The zero-order valence-corrected chi connectivity index (χ0v) is 25.7. The molecule has 3 aliphatic rings. The number of anilines is 1. The van der Waals surface area contributed by atoms with Crippen LogP contribution in [0.2, 0.25) is 0 Å². The first-order chi connectivity index (χ1) is 21.4. The number of carboxylic acid groups (broad SMARTS) is 1. The fourth-order valence-corrected chi connectivity index (χ4v) is 6.80. The predicted octanol–water partition coefficient (Wildman–Crippen LogP) is 4.74. The van der Waals surface area contributed by atoms with Gasteiger partial charge in [-0.15, -0.1) is 0 Å². The molecule has 3 aromatic rings. The Morgan fingerprint density at radius 3 is 2.48 bits per heavy atom. The number of hydrogen-bond acceptors (Lipinski definition) is 7. The second-order valence-electron chi connectivity index (χ2n) is 12.7. The number of hydrogen-bond donors (Lipinski definition) is 2. The van der Waals surface area contributed by atoms with E-state index in [2.05, 4.69) is 22.2 Å².